The van der Waals surface area contributed by atoms with Crippen molar-refractivity contribution in [1.82, 2.24) is 0 Å². The summed E-state index contributed by atoms with van der Waals surface area (Å²) in [4.78, 5) is 95.0. The van der Waals surface area contributed by atoms with E-state index in [2.05, 4.69) is 67.2 Å². The Morgan fingerprint density at radius 3 is 0.757 bits per heavy atom. The first-order valence-electron chi connectivity index (χ1n) is 39.7. The van der Waals surface area contributed by atoms with E-state index in [0.717, 1.165) is 178 Å². The van der Waals surface area contributed by atoms with E-state index in [0.29, 0.717) is 123 Å². The smallest absolute Gasteiger partial charge is 0.384 e. The van der Waals surface area contributed by atoms with Gasteiger partial charge in [0.1, 0.15) is 24.7 Å². The average molecular weight is 1500 g/mol. The summed E-state index contributed by atoms with van der Waals surface area (Å²) >= 11 is 0. The third-order valence-electron chi connectivity index (χ3n) is 26.7. The van der Waals surface area contributed by atoms with Gasteiger partial charge in [0.15, 0.2) is 0 Å². The standard InChI is InChI=1S/C22H28O7.2C20H28O6.C20H26O6/c1-21-7-5-13(9-17(21)28-21)19(23)25-11-15-3-4-16(27-15)12-26-20(24)14-6-8-22(2)18(10-14)29-22;3*1-19-7-5-13(9-15(19)25-19)11-23-17(21)3-4-18(22)24-12-14-6-8-20(2)16(10-14)26-20/h3-4,13-14,17-18H,5-12H2,1-2H3;2*3-4,13-16H,5-12H2,1-2H3;13-16H,5-12H2,1-2H3/b;4-3+;4-3-;. The Bertz CT molecular complexity index is 3300. The molecule has 8 aliphatic carbocycles. The number of fused-ring (bicyclic) bond motifs is 8. The third kappa shape index (κ3) is 20.1. The van der Waals surface area contributed by atoms with Crippen LogP contribution in [0.5, 0.6) is 0 Å². The van der Waals surface area contributed by atoms with Crippen LogP contribution in [0.25, 0.3) is 0 Å². The second kappa shape index (κ2) is 31.1. The van der Waals surface area contributed by atoms with Gasteiger partial charge in [0.2, 0.25) is 0 Å². The average Bonchev–Trinajstić information content (AvgIpc) is 2.10. The van der Waals surface area contributed by atoms with Gasteiger partial charge in [-0.25, -0.2) is 28.8 Å². The van der Waals surface area contributed by atoms with Crippen molar-refractivity contribution in [3.05, 3.63) is 48.0 Å². The zero-order chi connectivity index (χ0) is 75.3. The highest BCUT2D eigenvalue weighted by Gasteiger charge is 2.61. The number of rotatable bonds is 22. The molecule has 25 nitrogen and oxygen atoms in total. The quantitative estimate of drug-likeness (QED) is 0.0260. The fourth-order valence-electron chi connectivity index (χ4n) is 17.9. The largest absolute Gasteiger partial charge is 0.462 e. The molecule has 1 aromatic heterocycles. The van der Waals surface area contributed by atoms with Crippen molar-refractivity contribution >= 4 is 47.8 Å². The molecule has 0 bridgehead atoms. The van der Waals surface area contributed by atoms with Crippen LogP contribution in [0.4, 0.5) is 0 Å². The number of ether oxygens (including phenoxy) is 16. The van der Waals surface area contributed by atoms with Crippen LogP contribution in [0, 0.1) is 59.2 Å². The van der Waals surface area contributed by atoms with Crippen molar-refractivity contribution in [2.75, 3.05) is 39.6 Å². The number of epoxide rings is 8. The highest BCUT2D eigenvalue weighted by Crippen LogP contribution is 2.55. The van der Waals surface area contributed by atoms with E-state index in [1.165, 1.54) is 0 Å². The van der Waals surface area contributed by atoms with Crippen molar-refractivity contribution in [2.24, 2.45) is 47.3 Å². The van der Waals surface area contributed by atoms with Crippen molar-refractivity contribution in [3.8, 4) is 11.8 Å². The van der Waals surface area contributed by atoms with Crippen LogP contribution in [0.3, 0.4) is 0 Å². The molecule has 16 aliphatic rings. The van der Waals surface area contributed by atoms with Crippen LogP contribution in [0.1, 0.15) is 221 Å². The molecule has 0 N–H and O–H groups in total. The van der Waals surface area contributed by atoms with Crippen molar-refractivity contribution < 1.29 is 119 Å². The first-order valence-corrected chi connectivity index (χ1v) is 39.7. The van der Waals surface area contributed by atoms with Gasteiger partial charge in [0, 0.05) is 36.1 Å². The van der Waals surface area contributed by atoms with Crippen LogP contribution in [0.15, 0.2) is 40.9 Å². The summed E-state index contributed by atoms with van der Waals surface area (Å²) < 4.78 is 93.0. The predicted octanol–water partition coefficient (Wildman–Crippen LogP) is 10.4. The Kier molecular flexibility index (Phi) is 22.6. The lowest BCUT2D eigenvalue weighted by Crippen LogP contribution is -2.27. The van der Waals surface area contributed by atoms with E-state index < -0.39 is 35.8 Å². The maximum absolute atomic E-state index is 12.3. The van der Waals surface area contributed by atoms with Gasteiger partial charge in [-0.05, 0) is 257 Å². The second-order valence-electron chi connectivity index (χ2n) is 35.4. The molecule has 8 aliphatic heterocycles. The maximum atomic E-state index is 12.3. The van der Waals surface area contributed by atoms with Crippen LogP contribution in [0.2, 0.25) is 0 Å². The van der Waals surface area contributed by atoms with Gasteiger partial charge in [-0.1, -0.05) is 0 Å². The fourth-order valence-corrected chi connectivity index (χ4v) is 17.9. The zero-order valence-corrected chi connectivity index (χ0v) is 63.5. The molecule has 0 aromatic carbocycles. The van der Waals surface area contributed by atoms with Gasteiger partial charge in [-0.3, -0.25) is 9.59 Å². The van der Waals surface area contributed by atoms with Gasteiger partial charge >= 0.3 is 47.8 Å². The summed E-state index contributed by atoms with van der Waals surface area (Å²) in [6.45, 7) is 19.4. The molecular formula is C82H110O25. The zero-order valence-electron chi connectivity index (χ0n) is 63.5. The molecule has 24 atom stereocenters. The molecule has 24 unspecified atom stereocenters. The monoisotopic (exact) mass is 1490 g/mol. The topological polar surface area (TPSA) is 324 Å². The Balaban J connectivity index is 0.000000120. The Labute approximate surface area is 626 Å². The first kappa shape index (κ1) is 77.5. The normalized spacial score (nSPS) is 42.1. The van der Waals surface area contributed by atoms with Crippen LogP contribution < -0.4 is 0 Å². The molecular weight excluding hydrogens is 1380 g/mol. The lowest BCUT2D eigenvalue weighted by molar-refractivity contribution is -0.151. The molecule has 9 heterocycles. The van der Waals surface area contributed by atoms with E-state index in [1.54, 1.807) is 12.1 Å². The fraction of sp³-hybridized carbons (Fsp3) is 0.780. The minimum atomic E-state index is -0.674. The molecule has 17 rings (SSSR count). The van der Waals surface area contributed by atoms with Crippen LogP contribution in [-0.4, -0.2) is 181 Å². The van der Waals surface area contributed by atoms with E-state index in [4.69, 9.17) is 80.2 Å². The lowest BCUT2D eigenvalue weighted by Gasteiger charge is -2.21. The van der Waals surface area contributed by atoms with Crippen LogP contribution >= 0.6 is 0 Å². The summed E-state index contributed by atoms with van der Waals surface area (Å²) in [5.41, 5.74) is 0.415. The SMILES string of the molecule is CC12CCC(C(=O)OCc3ccc(COC(=O)C4CCC5(C)OC5C4)o3)CC1O2.CC12CCC(COC(=O)/C=C/C(=O)OCC3CCC4(C)OC4C3)CC1O2.CC12CCC(COC(=O)/C=C\C(=O)OCC3CCC4(C)OC4C3)CC1O2.CC12CCC(COC(=O)C#CC(=O)OCC3CCC4(C)OC4C3)CC1O2. The molecule has 8 saturated carbocycles. The molecule has 16 fully saturated rings. The van der Waals surface area contributed by atoms with Crippen molar-refractivity contribution in [1.29, 1.82) is 0 Å². The van der Waals surface area contributed by atoms with Gasteiger partial charge in [0.25, 0.3) is 0 Å². The van der Waals surface area contributed by atoms with Gasteiger partial charge in [0.05, 0.1) is 145 Å². The Morgan fingerprint density at radius 1 is 0.318 bits per heavy atom. The molecule has 0 radical (unpaired) electrons. The first-order chi connectivity index (χ1) is 50.9. The molecule has 1 aromatic rings. The predicted molar refractivity (Wildman–Crippen MR) is 375 cm³/mol. The highest BCUT2D eigenvalue weighted by atomic mass is 16.6. The summed E-state index contributed by atoms with van der Waals surface area (Å²) in [5.74, 6) is 3.65. The van der Waals surface area contributed by atoms with Crippen molar-refractivity contribution in [3.63, 3.8) is 0 Å². The number of hydrogen-bond donors (Lipinski definition) is 0. The summed E-state index contributed by atoms with van der Waals surface area (Å²) in [7, 11) is 0. The molecule has 25 heteroatoms. The highest BCUT2D eigenvalue weighted by molar-refractivity contribution is 5.98. The van der Waals surface area contributed by atoms with Crippen LogP contribution in [-0.2, 0) is 127 Å². The molecule has 8 saturated heterocycles. The van der Waals surface area contributed by atoms with Gasteiger partial charge in [-0.2, -0.15) is 0 Å². The third-order valence-corrected chi connectivity index (χ3v) is 26.7. The van der Waals surface area contributed by atoms with E-state index in [-0.39, 0.29) is 94.0 Å². The van der Waals surface area contributed by atoms with E-state index >= 15 is 0 Å². The van der Waals surface area contributed by atoms with Gasteiger partial charge < -0.3 is 80.2 Å². The summed E-state index contributed by atoms with van der Waals surface area (Å²) in [6.07, 6.45) is 29.6. The van der Waals surface area contributed by atoms with Gasteiger partial charge in [-0.15, -0.1) is 0 Å². The maximum Gasteiger partial charge on any atom is 0.384 e. The number of carbonyl (C=O) groups is 8. The summed E-state index contributed by atoms with van der Waals surface area (Å²) in [6, 6.07) is 3.50. The Hall–Kier alpha value is -6.24. The molecule has 0 amide bonds. The molecule has 107 heavy (non-hydrogen) atoms. The molecule has 0 spiro atoms. The lowest BCUT2D eigenvalue weighted by atomic mass is 9.83. The number of carbonyl (C=O) groups excluding carboxylic acids is 8. The Morgan fingerprint density at radius 2 is 0.533 bits per heavy atom. The van der Waals surface area contributed by atoms with E-state index in [9.17, 15) is 38.4 Å². The second-order valence-corrected chi connectivity index (χ2v) is 35.4. The summed E-state index contributed by atoms with van der Waals surface area (Å²) in [5, 5.41) is 0. The number of hydrogen-bond acceptors (Lipinski definition) is 25. The number of furan rings is 1. The molecule has 588 valence electrons. The minimum absolute atomic E-state index is 0.00685. The van der Waals surface area contributed by atoms with E-state index in [1.807, 2.05) is 0 Å². The van der Waals surface area contributed by atoms with Crippen molar-refractivity contribution in [2.45, 2.75) is 316 Å². The minimum Gasteiger partial charge on any atom is -0.462 e. The number of esters is 8.